The van der Waals surface area contributed by atoms with Gasteiger partial charge in [0.05, 0.1) is 17.1 Å². The Morgan fingerprint density at radius 1 is 1.27 bits per heavy atom. The highest BCUT2D eigenvalue weighted by Crippen LogP contribution is 2.18. The summed E-state index contributed by atoms with van der Waals surface area (Å²) in [5, 5.41) is 11.2. The van der Waals surface area contributed by atoms with Gasteiger partial charge in [-0.05, 0) is 24.6 Å². The highest BCUT2D eigenvalue weighted by Gasteiger charge is 2.22. The zero-order chi connectivity index (χ0) is 16.6. The molecule has 5 nitrogen and oxygen atoms in total. The first-order valence-corrected chi connectivity index (χ1v) is 8.74. The average molecular weight is 328 g/mol. The van der Waals surface area contributed by atoms with Crippen LogP contribution in [0.15, 0.2) is 46.7 Å². The summed E-state index contributed by atoms with van der Waals surface area (Å²) in [5.74, 6) is -0.248. The van der Waals surface area contributed by atoms with Crippen LogP contribution in [0.3, 0.4) is 0 Å². The number of hydrogen-bond donors (Lipinski definition) is 1. The molecule has 0 aromatic heterocycles. The zero-order valence-electron chi connectivity index (χ0n) is 13.2. The normalized spacial score (nSPS) is 16.5. The highest BCUT2D eigenvalue weighted by atomic mass is 32.2. The molecule has 3 atom stereocenters. The van der Waals surface area contributed by atoms with Gasteiger partial charge in [-0.15, -0.1) is 0 Å². The van der Waals surface area contributed by atoms with Gasteiger partial charge < -0.3 is 14.6 Å². The van der Waals surface area contributed by atoms with Crippen LogP contribution in [0.1, 0.15) is 20.3 Å². The first kappa shape index (κ1) is 18.8. The van der Waals surface area contributed by atoms with E-state index in [0.717, 1.165) is 5.41 Å². The lowest BCUT2D eigenvalue weighted by Gasteiger charge is -2.25. The van der Waals surface area contributed by atoms with Crippen LogP contribution in [0, 0.1) is 5.92 Å². The van der Waals surface area contributed by atoms with Crippen molar-refractivity contribution < 1.29 is 23.0 Å². The number of methoxy groups -OCH3 is 1. The van der Waals surface area contributed by atoms with Crippen molar-refractivity contribution in [1.29, 1.82) is 0 Å². The summed E-state index contributed by atoms with van der Waals surface area (Å²) < 4.78 is 34.6. The van der Waals surface area contributed by atoms with E-state index >= 15 is 0 Å². The van der Waals surface area contributed by atoms with Gasteiger partial charge in [0.15, 0.2) is 9.84 Å². The first-order chi connectivity index (χ1) is 10.4. The van der Waals surface area contributed by atoms with Gasteiger partial charge in [-0.1, -0.05) is 32.0 Å². The standard InChI is InChI=1S/C16H24O5S/c1-4-16(21-12-20-3)13(2)15(17)10-11-22(18,19)14-8-6-5-7-9-14/h5-11,13,15-17H,4,12H2,1-3H3/b11-10+/t13-,15+,16-/m1/s1. The van der Waals surface area contributed by atoms with Gasteiger partial charge in [0.2, 0.25) is 0 Å². The van der Waals surface area contributed by atoms with Crippen LogP contribution in [0.4, 0.5) is 0 Å². The van der Waals surface area contributed by atoms with E-state index < -0.39 is 15.9 Å². The SMILES string of the molecule is CC[C@@H](OCOC)[C@H](C)[C@@H](O)/C=C/S(=O)(=O)c1ccccc1. The Labute approximate surface area is 132 Å². The van der Waals surface area contributed by atoms with E-state index in [2.05, 4.69) is 0 Å². The molecule has 0 fully saturated rings. The molecular weight excluding hydrogens is 304 g/mol. The molecule has 6 heteroatoms. The second kappa shape index (κ2) is 9.05. The maximum Gasteiger partial charge on any atom is 0.199 e. The Bertz CT molecular complexity index is 553. The van der Waals surface area contributed by atoms with Crippen LogP contribution in [0.2, 0.25) is 0 Å². The number of rotatable bonds is 9. The zero-order valence-corrected chi connectivity index (χ0v) is 14.0. The van der Waals surface area contributed by atoms with E-state index in [1.165, 1.54) is 25.3 Å². The second-order valence-electron chi connectivity index (χ2n) is 5.06. The number of aliphatic hydroxyl groups excluding tert-OH is 1. The van der Waals surface area contributed by atoms with Crippen LogP contribution in [0.5, 0.6) is 0 Å². The van der Waals surface area contributed by atoms with E-state index in [4.69, 9.17) is 9.47 Å². The third-order valence-electron chi connectivity index (χ3n) is 3.45. The van der Waals surface area contributed by atoms with Crippen molar-refractivity contribution in [1.82, 2.24) is 0 Å². The maximum absolute atomic E-state index is 12.1. The molecule has 0 aliphatic rings. The third-order valence-corrected chi connectivity index (χ3v) is 4.90. The molecule has 22 heavy (non-hydrogen) atoms. The lowest BCUT2D eigenvalue weighted by molar-refractivity contribution is -0.102. The molecule has 0 unspecified atom stereocenters. The van der Waals surface area contributed by atoms with E-state index in [9.17, 15) is 13.5 Å². The molecule has 0 radical (unpaired) electrons. The van der Waals surface area contributed by atoms with Gasteiger partial charge in [-0.25, -0.2) is 8.42 Å². The fourth-order valence-electron chi connectivity index (χ4n) is 2.06. The van der Waals surface area contributed by atoms with Crippen LogP contribution in [-0.4, -0.2) is 39.6 Å². The van der Waals surface area contributed by atoms with Crippen LogP contribution in [-0.2, 0) is 19.3 Å². The molecule has 0 aliphatic heterocycles. The molecule has 124 valence electrons. The summed E-state index contributed by atoms with van der Waals surface area (Å²) >= 11 is 0. The van der Waals surface area contributed by atoms with E-state index in [-0.39, 0.29) is 23.7 Å². The fraction of sp³-hybridized carbons (Fsp3) is 0.500. The third kappa shape index (κ3) is 5.53. The molecule has 0 aliphatic carbocycles. The van der Waals surface area contributed by atoms with E-state index in [1.807, 2.05) is 13.8 Å². The van der Waals surface area contributed by atoms with Crippen LogP contribution in [0.25, 0.3) is 0 Å². The highest BCUT2D eigenvalue weighted by molar-refractivity contribution is 7.94. The average Bonchev–Trinajstić information content (AvgIpc) is 2.54. The number of benzene rings is 1. The Hall–Kier alpha value is -1.21. The van der Waals surface area contributed by atoms with Crippen LogP contribution >= 0.6 is 0 Å². The molecular formula is C16H24O5S. The van der Waals surface area contributed by atoms with Crippen molar-refractivity contribution >= 4 is 9.84 Å². The topological polar surface area (TPSA) is 72.8 Å². The van der Waals surface area contributed by atoms with Crippen LogP contribution < -0.4 is 0 Å². The van der Waals surface area contributed by atoms with Crippen molar-refractivity contribution in [2.75, 3.05) is 13.9 Å². The molecule has 1 N–H and O–H groups in total. The summed E-state index contributed by atoms with van der Waals surface area (Å²) in [6.45, 7) is 3.89. The number of sulfone groups is 1. The molecule has 1 aromatic carbocycles. The van der Waals surface area contributed by atoms with Crippen molar-refractivity contribution in [3.8, 4) is 0 Å². The van der Waals surface area contributed by atoms with Crippen molar-refractivity contribution in [2.24, 2.45) is 5.92 Å². The molecule has 0 spiro atoms. The molecule has 1 aromatic rings. The van der Waals surface area contributed by atoms with Gasteiger partial charge in [0.25, 0.3) is 0 Å². The van der Waals surface area contributed by atoms with Gasteiger partial charge in [-0.3, -0.25) is 0 Å². The Balaban J connectivity index is 2.76. The summed E-state index contributed by atoms with van der Waals surface area (Å²) in [5.41, 5.74) is 0. The number of ether oxygens (including phenoxy) is 2. The quantitative estimate of drug-likeness (QED) is 0.705. The van der Waals surface area contributed by atoms with Crippen molar-refractivity contribution in [2.45, 2.75) is 37.4 Å². The Morgan fingerprint density at radius 3 is 2.45 bits per heavy atom. The minimum Gasteiger partial charge on any atom is -0.389 e. The lowest BCUT2D eigenvalue weighted by Crippen LogP contribution is -2.30. The Kier molecular flexibility index (Phi) is 7.75. The lowest BCUT2D eigenvalue weighted by atomic mass is 9.96. The molecule has 0 amide bonds. The second-order valence-corrected chi connectivity index (χ2v) is 6.89. The predicted molar refractivity (Wildman–Crippen MR) is 85.0 cm³/mol. The van der Waals surface area contributed by atoms with Gasteiger partial charge in [-0.2, -0.15) is 0 Å². The molecule has 0 bridgehead atoms. The summed E-state index contributed by atoms with van der Waals surface area (Å²) in [7, 11) is -2.02. The number of aliphatic hydroxyl groups is 1. The number of hydrogen-bond acceptors (Lipinski definition) is 5. The molecule has 0 saturated heterocycles. The molecule has 0 heterocycles. The molecule has 0 saturated carbocycles. The summed E-state index contributed by atoms with van der Waals surface area (Å²) in [4.78, 5) is 0.203. The van der Waals surface area contributed by atoms with Gasteiger partial charge >= 0.3 is 0 Å². The monoisotopic (exact) mass is 328 g/mol. The van der Waals surface area contributed by atoms with Gasteiger partial charge in [0.1, 0.15) is 6.79 Å². The van der Waals surface area contributed by atoms with E-state index in [1.54, 1.807) is 18.2 Å². The summed E-state index contributed by atoms with van der Waals surface area (Å²) in [6, 6.07) is 8.10. The predicted octanol–water partition coefficient (Wildman–Crippen LogP) is 2.37. The minimum atomic E-state index is -3.54. The maximum atomic E-state index is 12.1. The fourth-order valence-corrected chi connectivity index (χ4v) is 3.13. The minimum absolute atomic E-state index is 0.140. The first-order valence-electron chi connectivity index (χ1n) is 7.19. The Morgan fingerprint density at radius 2 is 1.91 bits per heavy atom. The van der Waals surface area contributed by atoms with E-state index in [0.29, 0.717) is 6.42 Å². The summed E-state index contributed by atoms with van der Waals surface area (Å²) in [6.07, 6.45) is 0.867. The van der Waals surface area contributed by atoms with Gasteiger partial charge in [0, 0.05) is 18.4 Å². The van der Waals surface area contributed by atoms with Crippen molar-refractivity contribution in [3.63, 3.8) is 0 Å². The largest absolute Gasteiger partial charge is 0.389 e. The molecule has 1 rings (SSSR count). The smallest absolute Gasteiger partial charge is 0.199 e. The van der Waals surface area contributed by atoms with Crippen molar-refractivity contribution in [3.05, 3.63) is 41.8 Å².